The summed E-state index contributed by atoms with van der Waals surface area (Å²) in [6.07, 6.45) is -0.634. The van der Waals surface area contributed by atoms with Crippen molar-refractivity contribution in [2.24, 2.45) is 0 Å². The average Bonchev–Trinajstić information content (AvgIpc) is 1.84. The summed E-state index contributed by atoms with van der Waals surface area (Å²) in [7, 11) is 4.57. The molecular formula is C4H5BO3. The Morgan fingerprint density at radius 2 is 2.38 bits per heavy atom. The van der Waals surface area contributed by atoms with Gasteiger partial charge in [-0.25, -0.2) is 0 Å². The standard InChI is InChI=1S/C4H5BO3/c1-3(8-5)4(7)2-6/h2-3H,1H3. The van der Waals surface area contributed by atoms with Gasteiger partial charge in [-0.1, -0.05) is 0 Å². The highest BCUT2D eigenvalue weighted by Crippen LogP contribution is 1.84. The molecule has 2 radical (unpaired) electrons. The van der Waals surface area contributed by atoms with E-state index in [9.17, 15) is 9.59 Å². The second-order valence-electron chi connectivity index (χ2n) is 1.30. The summed E-state index contributed by atoms with van der Waals surface area (Å²) in [4.78, 5) is 19.8. The number of aldehydes is 1. The Morgan fingerprint density at radius 1 is 1.88 bits per heavy atom. The van der Waals surface area contributed by atoms with E-state index in [0.717, 1.165) is 0 Å². The molecule has 0 saturated heterocycles. The van der Waals surface area contributed by atoms with Crippen molar-refractivity contribution >= 4 is 20.1 Å². The molecule has 0 fully saturated rings. The summed E-state index contributed by atoms with van der Waals surface area (Å²) >= 11 is 0. The minimum atomic E-state index is -0.813. The Balaban J connectivity index is 3.62. The third kappa shape index (κ3) is 1.88. The van der Waals surface area contributed by atoms with Gasteiger partial charge in [0.2, 0.25) is 5.78 Å². The van der Waals surface area contributed by atoms with E-state index >= 15 is 0 Å². The molecule has 0 spiro atoms. The average molecular weight is 112 g/mol. The zero-order chi connectivity index (χ0) is 6.57. The molecule has 1 unspecified atom stereocenters. The molecule has 0 aromatic rings. The highest BCUT2D eigenvalue weighted by molar-refractivity contribution is 6.27. The lowest BCUT2D eigenvalue weighted by Gasteiger charge is -2.00. The van der Waals surface area contributed by atoms with Gasteiger partial charge in [0.05, 0.1) is 0 Å². The molecule has 0 amide bonds. The number of Topliss-reactive ketones (excluding diaryl/α,β-unsaturated/α-hetero) is 1. The largest absolute Gasteiger partial charge is 0.438 e. The Hall–Kier alpha value is -0.635. The zero-order valence-electron chi connectivity index (χ0n) is 4.46. The lowest BCUT2D eigenvalue weighted by molar-refractivity contribution is -0.133. The fraction of sp³-hybridized carbons (Fsp3) is 0.500. The predicted octanol–water partition coefficient (Wildman–Crippen LogP) is -0.757. The minimum absolute atomic E-state index is 0.178. The fourth-order valence-electron chi connectivity index (χ4n) is 0.163. The molecule has 0 N–H and O–H groups in total. The van der Waals surface area contributed by atoms with Gasteiger partial charge in [0.1, 0.15) is 6.10 Å². The number of rotatable bonds is 3. The smallest absolute Gasteiger partial charge is 0.283 e. The summed E-state index contributed by atoms with van der Waals surface area (Å²) in [5, 5.41) is 0. The SMILES string of the molecule is [B]OC(C)C(=O)C=O. The first-order valence-electron chi connectivity index (χ1n) is 2.07. The molecule has 8 heavy (non-hydrogen) atoms. The molecule has 0 aliphatic carbocycles. The molecule has 0 bridgehead atoms. The lowest BCUT2D eigenvalue weighted by Crippen LogP contribution is -2.20. The summed E-state index contributed by atoms with van der Waals surface area (Å²) in [6.45, 7) is 1.40. The van der Waals surface area contributed by atoms with Crippen LogP contribution in [0.1, 0.15) is 6.92 Å². The van der Waals surface area contributed by atoms with Gasteiger partial charge in [-0.15, -0.1) is 0 Å². The van der Waals surface area contributed by atoms with Crippen molar-refractivity contribution < 1.29 is 14.2 Å². The van der Waals surface area contributed by atoms with Gasteiger partial charge in [-0.3, -0.25) is 9.59 Å². The van der Waals surface area contributed by atoms with Gasteiger partial charge in [-0.05, 0) is 6.92 Å². The zero-order valence-corrected chi connectivity index (χ0v) is 4.46. The van der Waals surface area contributed by atoms with Crippen LogP contribution in [0.3, 0.4) is 0 Å². The van der Waals surface area contributed by atoms with Crippen LogP contribution in [0, 0.1) is 0 Å². The molecular weight excluding hydrogens is 107 g/mol. The summed E-state index contributed by atoms with van der Waals surface area (Å²) < 4.78 is 4.02. The first kappa shape index (κ1) is 7.36. The summed E-state index contributed by atoms with van der Waals surface area (Å²) in [6, 6.07) is 0. The molecule has 0 rings (SSSR count). The molecule has 0 aliphatic heterocycles. The number of carbonyl (C=O) groups excluding carboxylic acids is 2. The van der Waals surface area contributed by atoms with E-state index in [1.54, 1.807) is 0 Å². The van der Waals surface area contributed by atoms with E-state index in [1.807, 2.05) is 0 Å². The first-order valence-corrected chi connectivity index (χ1v) is 2.07. The highest BCUT2D eigenvalue weighted by atomic mass is 16.4. The van der Waals surface area contributed by atoms with E-state index in [4.69, 9.17) is 0 Å². The van der Waals surface area contributed by atoms with Crippen LogP contribution in [0.15, 0.2) is 0 Å². The molecule has 42 valence electrons. The molecule has 0 aromatic heterocycles. The van der Waals surface area contributed by atoms with Crippen LogP contribution in [0.4, 0.5) is 0 Å². The molecule has 0 aromatic carbocycles. The van der Waals surface area contributed by atoms with E-state index in [-0.39, 0.29) is 6.29 Å². The summed E-state index contributed by atoms with van der Waals surface area (Å²) in [5.41, 5.74) is 0. The van der Waals surface area contributed by atoms with E-state index in [0.29, 0.717) is 0 Å². The molecule has 0 aliphatic rings. The number of carbonyl (C=O) groups is 2. The van der Waals surface area contributed by atoms with Crippen LogP contribution in [0.2, 0.25) is 0 Å². The molecule has 3 nitrogen and oxygen atoms in total. The van der Waals surface area contributed by atoms with Crippen LogP contribution >= 0.6 is 0 Å². The number of ketones is 1. The lowest BCUT2D eigenvalue weighted by atomic mass is 10.3. The second kappa shape index (κ2) is 3.38. The highest BCUT2D eigenvalue weighted by Gasteiger charge is 2.07. The van der Waals surface area contributed by atoms with Crippen molar-refractivity contribution in [1.82, 2.24) is 0 Å². The van der Waals surface area contributed by atoms with Gasteiger partial charge in [0.25, 0.3) is 8.05 Å². The Morgan fingerprint density at radius 3 is 2.50 bits per heavy atom. The van der Waals surface area contributed by atoms with Gasteiger partial charge in [-0.2, -0.15) is 0 Å². The maximum atomic E-state index is 10.2. The number of hydrogen-bond donors (Lipinski definition) is 0. The van der Waals surface area contributed by atoms with Crippen molar-refractivity contribution in [1.29, 1.82) is 0 Å². The Labute approximate surface area is 48.5 Å². The maximum Gasteiger partial charge on any atom is 0.283 e. The van der Waals surface area contributed by atoms with Crippen molar-refractivity contribution in [3.63, 3.8) is 0 Å². The van der Waals surface area contributed by atoms with Crippen LogP contribution < -0.4 is 0 Å². The fourth-order valence-corrected chi connectivity index (χ4v) is 0.163. The predicted molar refractivity (Wildman–Crippen MR) is 27.4 cm³/mol. The molecule has 0 saturated carbocycles. The van der Waals surface area contributed by atoms with E-state index in [2.05, 4.69) is 12.7 Å². The van der Waals surface area contributed by atoms with Crippen molar-refractivity contribution in [2.45, 2.75) is 13.0 Å². The topological polar surface area (TPSA) is 43.4 Å². The third-order valence-electron chi connectivity index (χ3n) is 0.721. The Kier molecular flexibility index (Phi) is 3.11. The van der Waals surface area contributed by atoms with E-state index in [1.165, 1.54) is 6.92 Å². The van der Waals surface area contributed by atoms with E-state index < -0.39 is 11.9 Å². The first-order chi connectivity index (χ1) is 3.72. The third-order valence-corrected chi connectivity index (χ3v) is 0.721. The second-order valence-corrected chi connectivity index (χ2v) is 1.30. The van der Waals surface area contributed by atoms with Crippen LogP contribution in [-0.2, 0) is 14.2 Å². The molecule has 0 heterocycles. The monoisotopic (exact) mass is 112 g/mol. The minimum Gasteiger partial charge on any atom is -0.438 e. The van der Waals surface area contributed by atoms with Crippen LogP contribution in [0.25, 0.3) is 0 Å². The van der Waals surface area contributed by atoms with Gasteiger partial charge < -0.3 is 4.65 Å². The van der Waals surface area contributed by atoms with Gasteiger partial charge >= 0.3 is 0 Å². The molecule has 4 heteroatoms. The van der Waals surface area contributed by atoms with Crippen molar-refractivity contribution in [3.05, 3.63) is 0 Å². The number of hydrogen-bond acceptors (Lipinski definition) is 3. The van der Waals surface area contributed by atoms with Crippen molar-refractivity contribution in [2.75, 3.05) is 0 Å². The maximum absolute atomic E-state index is 10.2. The Bertz CT molecular complexity index is 101. The van der Waals surface area contributed by atoms with Crippen molar-refractivity contribution in [3.8, 4) is 0 Å². The van der Waals surface area contributed by atoms with Crippen LogP contribution in [-0.4, -0.2) is 26.2 Å². The normalized spacial score (nSPS) is 12.6. The van der Waals surface area contributed by atoms with Crippen LogP contribution in [0.5, 0.6) is 0 Å². The van der Waals surface area contributed by atoms with Gasteiger partial charge in [0.15, 0.2) is 6.29 Å². The quantitative estimate of drug-likeness (QED) is 0.274. The summed E-state index contributed by atoms with van der Waals surface area (Å²) in [5.74, 6) is -0.646. The molecule has 1 atom stereocenters. The van der Waals surface area contributed by atoms with Gasteiger partial charge in [0, 0.05) is 0 Å².